The second kappa shape index (κ2) is 5.85. The molecular weight excluding hydrogens is 284 g/mol. The number of carbonyl (C=O) groups excluding carboxylic acids is 2. The van der Waals surface area contributed by atoms with E-state index < -0.39 is 0 Å². The van der Waals surface area contributed by atoms with Gasteiger partial charge in [-0.2, -0.15) is 0 Å². The van der Waals surface area contributed by atoms with Crippen molar-refractivity contribution in [3.05, 3.63) is 42.2 Å². The molecule has 1 aromatic carbocycles. The van der Waals surface area contributed by atoms with E-state index in [0.29, 0.717) is 19.5 Å². The molecule has 0 radical (unpaired) electrons. The average Bonchev–Trinajstić information content (AvgIpc) is 2.78. The number of hydrogen-bond donors (Lipinski definition) is 0. The maximum Gasteiger partial charge on any atom is 0.224 e. The van der Waals surface area contributed by atoms with Crippen LogP contribution in [0.2, 0.25) is 0 Å². The lowest BCUT2D eigenvalue weighted by Crippen LogP contribution is -2.25. The van der Waals surface area contributed by atoms with Crippen molar-refractivity contribution in [2.24, 2.45) is 0 Å². The second-order valence-electron chi connectivity index (χ2n) is 5.19. The lowest BCUT2D eigenvalue weighted by molar-refractivity contribution is -0.128. The number of rotatable bonds is 3. The number of pyridine rings is 1. The van der Waals surface area contributed by atoms with Crippen LogP contribution in [0.5, 0.6) is 0 Å². The minimum atomic E-state index is 0.0675. The molecule has 1 fully saturated rings. The Morgan fingerprint density at radius 1 is 1.38 bits per heavy atom. The van der Waals surface area contributed by atoms with Crippen molar-refractivity contribution in [3.8, 4) is 0 Å². The Morgan fingerprint density at radius 2 is 2.19 bits per heavy atom. The van der Waals surface area contributed by atoms with Crippen molar-refractivity contribution in [3.63, 3.8) is 0 Å². The number of carbonyl (C=O) groups is 2. The molecule has 0 aliphatic carbocycles. The molecule has 108 valence electrons. The first kappa shape index (κ1) is 14.1. The van der Waals surface area contributed by atoms with Crippen molar-refractivity contribution in [2.45, 2.75) is 25.1 Å². The van der Waals surface area contributed by atoms with Gasteiger partial charge in [-0.05, 0) is 11.5 Å². The zero-order valence-electron chi connectivity index (χ0n) is 11.8. The van der Waals surface area contributed by atoms with Gasteiger partial charge in [0.25, 0.3) is 0 Å². The molecule has 0 spiro atoms. The summed E-state index contributed by atoms with van der Waals surface area (Å²) in [7, 11) is 0. The molecule has 1 unspecified atom stereocenters. The highest BCUT2D eigenvalue weighted by Crippen LogP contribution is 2.26. The maximum absolute atomic E-state index is 12.1. The molecule has 1 aromatic heterocycles. The van der Waals surface area contributed by atoms with Crippen LogP contribution in [-0.2, 0) is 16.1 Å². The molecule has 5 heteroatoms. The minimum absolute atomic E-state index is 0.0675. The fourth-order valence-electron chi connectivity index (χ4n) is 2.69. The summed E-state index contributed by atoms with van der Waals surface area (Å²) in [5, 5.41) is 2.35. The normalized spacial score (nSPS) is 18.4. The summed E-state index contributed by atoms with van der Waals surface area (Å²) in [6.07, 6.45) is 2.22. The Morgan fingerprint density at radius 3 is 3.00 bits per heavy atom. The third-order valence-electron chi connectivity index (χ3n) is 3.61. The van der Waals surface area contributed by atoms with Gasteiger partial charge in [-0.1, -0.05) is 36.0 Å². The predicted octanol–water partition coefficient (Wildman–Crippen LogP) is 2.62. The first-order chi connectivity index (χ1) is 10.1. The smallest absolute Gasteiger partial charge is 0.224 e. The zero-order valence-corrected chi connectivity index (χ0v) is 12.6. The van der Waals surface area contributed by atoms with Crippen molar-refractivity contribution >= 4 is 33.6 Å². The van der Waals surface area contributed by atoms with Gasteiger partial charge in [-0.25, -0.2) is 0 Å². The summed E-state index contributed by atoms with van der Waals surface area (Å²) < 4.78 is 0. The predicted molar refractivity (Wildman–Crippen MR) is 83.8 cm³/mol. The van der Waals surface area contributed by atoms with E-state index in [0.717, 1.165) is 16.5 Å². The van der Waals surface area contributed by atoms with Gasteiger partial charge < -0.3 is 4.90 Å². The SMILES string of the molecule is CC(=O)SC1CC(=O)N(Cc2nccc3ccccc23)C1. The standard InChI is InChI=1S/C16H16N2O2S/c1-11(19)21-13-8-16(20)18(9-13)10-15-14-5-3-2-4-12(14)6-7-17-15/h2-7,13H,8-10H2,1H3. The number of hydrogen-bond acceptors (Lipinski definition) is 4. The number of nitrogens with zero attached hydrogens (tertiary/aromatic N) is 2. The molecule has 1 amide bonds. The molecule has 3 rings (SSSR count). The Bertz CT molecular complexity index is 696. The molecule has 0 bridgehead atoms. The molecule has 0 saturated carbocycles. The molecule has 1 atom stereocenters. The van der Waals surface area contributed by atoms with Gasteiger partial charge in [0, 0.05) is 36.7 Å². The van der Waals surface area contributed by atoms with Gasteiger partial charge in [-0.15, -0.1) is 0 Å². The Kier molecular flexibility index (Phi) is 3.92. The number of benzene rings is 1. The van der Waals surface area contributed by atoms with Crippen LogP contribution in [0.25, 0.3) is 10.8 Å². The van der Waals surface area contributed by atoms with E-state index in [1.54, 1.807) is 18.0 Å². The summed E-state index contributed by atoms with van der Waals surface area (Å²) in [5.41, 5.74) is 0.912. The van der Waals surface area contributed by atoms with Crippen LogP contribution in [-0.4, -0.2) is 32.7 Å². The van der Waals surface area contributed by atoms with Gasteiger partial charge in [0.1, 0.15) is 0 Å². The monoisotopic (exact) mass is 300 g/mol. The van der Waals surface area contributed by atoms with E-state index in [4.69, 9.17) is 0 Å². The van der Waals surface area contributed by atoms with Gasteiger partial charge in [0.2, 0.25) is 5.91 Å². The first-order valence-corrected chi connectivity index (χ1v) is 7.79. The van der Waals surface area contributed by atoms with Crippen LogP contribution in [0.4, 0.5) is 0 Å². The van der Waals surface area contributed by atoms with E-state index in [2.05, 4.69) is 4.98 Å². The molecule has 1 saturated heterocycles. The minimum Gasteiger partial charge on any atom is -0.336 e. The van der Waals surface area contributed by atoms with E-state index in [1.165, 1.54) is 11.8 Å². The van der Waals surface area contributed by atoms with Gasteiger partial charge >= 0.3 is 0 Å². The van der Waals surface area contributed by atoms with Crippen molar-refractivity contribution in [1.29, 1.82) is 0 Å². The molecule has 2 aromatic rings. The van der Waals surface area contributed by atoms with Crippen LogP contribution < -0.4 is 0 Å². The van der Waals surface area contributed by atoms with Crippen LogP contribution in [0.15, 0.2) is 36.5 Å². The lowest BCUT2D eigenvalue weighted by Gasteiger charge is -2.17. The van der Waals surface area contributed by atoms with E-state index in [1.807, 2.05) is 30.3 Å². The largest absolute Gasteiger partial charge is 0.336 e. The zero-order chi connectivity index (χ0) is 14.8. The van der Waals surface area contributed by atoms with E-state index in [9.17, 15) is 9.59 Å². The lowest BCUT2D eigenvalue weighted by atomic mass is 10.1. The fourth-order valence-corrected chi connectivity index (χ4v) is 3.64. The summed E-state index contributed by atoms with van der Waals surface area (Å²) in [4.78, 5) is 29.5. The molecule has 21 heavy (non-hydrogen) atoms. The third-order valence-corrected chi connectivity index (χ3v) is 4.59. The van der Waals surface area contributed by atoms with Gasteiger partial charge in [0.05, 0.1) is 12.2 Å². The summed E-state index contributed by atoms with van der Waals surface area (Å²) >= 11 is 1.26. The average molecular weight is 300 g/mol. The fraction of sp³-hybridized carbons (Fsp3) is 0.312. The quantitative estimate of drug-likeness (QED) is 0.874. The van der Waals surface area contributed by atoms with Crippen LogP contribution >= 0.6 is 11.8 Å². The Labute approximate surface area is 127 Å². The first-order valence-electron chi connectivity index (χ1n) is 6.91. The summed E-state index contributed by atoms with van der Waals surface area (Å²) in [5.74, 6) is 0.100. The highest BCUT2D eigenvalue weighted by Gasteiger charge is 2.31. The number of likely N-dealkylation sites (tertiary alicyclic amines) is 1. The van der Waals surface area contributed by atoms with Crippen molar-refractivity contribution in [1.82, 2.24) is 9.88 Å². The molecule has 4 nitrogen and oxygen atoms in total. The van der Waals surface area contributed by atoms with E-state index in [-0.39, 0.29) is 16.3 Å². The van der Waals surface area contributed by atoms with Gasteiger partial charge in [-0.3, -0.25) is 14.6 Å². The number of aromatic nitrogens is 1. The molecule has 1 aliphatic rings. The second-order valence-corrected chi connectivity index (χ2v) is 6.67. The molecular formula is C16H16N2O2S. The Balaban J connectivity index is 1.79. The van der Waals surface area contributed by atoms with E-state index >= 15 is 0 Å². The van der Waals surface area contributed by atoms with Crippen LogP contribution in [0.1, 0.15) is 19.0 Å². The molecule has 2 heterocycles. The highest BCUT2D eigenvalue weighted by atomic mass is 32.2. The van der Waals surface area contributed by atoms with Crippen LogP contribution in [0.3, 0.4) is 0 Å². The maximum atomic E-state index is 12.1. The number of amides is 1. The molecule has 1 aliphatic heterocycles. The summed E-state index contributed by atoms with van der Waals surface area (Å²) in [6, 6.07) is 10.0. The summed E-state index contributed by atoms with van der Waals surface area (Å²) in [6.45, 7) is 2.67. The Hall–Kier alpha value is -1.88. The third kappa shape index (κ3) is 3.08. The van der Waals surface area contributed by atoms with Crippen LogP contribution in [0, 0.1) is 0 Å². The van der Waals surface area contributed by atoms with Gasteiger partial charge in [0.15, 0.2) is 5.12 Å². The number of fused-ring (bicyclic) bond motifs is 1. The number of thioether (sulfide) groups is 1. The molecule has 0 N–H and O–H groups in total. The van der Waals surface area contributed by atoms with Crippen molar-refractivity contribution in [2.75, 3.05) is 6.54 Å². The van der Waals surface area contributed by atoms with Crippen molar-refractivity contribution < 1.29 is 9.59 Å². The topological polar surface area (TPSA) is 50.3 Å². The highest BCUT2D eigenvalue weighted by molar-refractivity contribution is 8.14.